The van der Waals surface area contributed by atoms with Crippen molar-refractivity contribution in [1.29, 1.82) is 0 Å². The van der Waals surface area contributed by atoms with Gasteiger partial charge in [-0.1, -0.05) is 13.3 Å². The lowest BCUT2D eigenvalue weighted by molar-refractivity contribution is -0.134. The fourth-order valence-corrected chi connectivity index (χ4v) is 0.308. The highest BCUT2D eigenvalue weighted by atomic mass is 35.5. The monoisotopic (exact) mass is 168 g/mol. The molecule has 0 unspecified atom stereocenters. The molecule has 10 heavy (non-hydrogen) atoms. The van der Waals surface area contributed by atoms with Crippen LogP contribution in [0.5, 0.6) is 0 Å². The van der Waals surface area contributed by atoms with Crippen LogP contribution in [-0.2, 0) is 9.08 Å². The van der Waals surface area contributed by atoms with Crippen LogP contribution in [0, 0.1) is 0 Å². The van der Waals surface area contributed by atoms with Crippen LogP contribution in [0.4, 0.5) is 0 Å². The van der Waals surface area contributed by atoms with E-state index in [9.17, 15) is 0 Å². The largest absolute Gasteiger partial charge is 0.481 e. The summed E-state index contributed by atoms with van der Waals surface area (Å²) in [6, 6.07) is 0. The molecule has 0 rings (SSSR count). The van der Waals surface area contributed by atoms with Crippen LogP contribution in [0.3, 0.4) is 0 Å². The molecule has 0 aliphatic rings. The Balaban J connectivity index is 0. The average molecular weight is 169 g/mol. The lowest BCUT2D eigenvalue weighted by atomic mass is 10.4. The molecule has 1 N–H and O–H groups in total. The molecule has 0 saturated heterocycles. The third-order valence-electron chi connectivity index (χ3n) is 0.575. The van der Waals surface area contributed by atoms with Crippen molar-refractivity contribution in [2.24, 2.45) is 0 Å². The van der Waals surface area contributed by atoms with E-state index in [0.29, 0.717) is 6.61 Å². The fourth-order valence-electron chi connectivity index (χ4n) is 0.199. The van der Waals surface area contributed by atoms with Gasteiger partial charge in [-0.15, -0.1) is 0 Å². The van der Waals surface area contributed by atoms with E-state index in [0.717, 1.165) is 19.8 Å². The number of rotatable bonds is 3. The Labute approximate surface area is 66.1 Å². The van der Waals surface area contributed by atoms with E-state index in [-0.39, 0.29) is 0 Å². The Kier molecular flexibility index (Phi) is 14.3. The molecule has 0 spiro atoms. The van der Waals surface area contributed by atoms with E-state index in [1.165, 1.54) is 0 Å². The van der Waals surface area contributed by atoms with Gasteiger partial charge in [0.1, 0.15) is 0 Å². The van der Waals surface area contributed by atoms with Crippen LogP contribution < -0.4 is 0 Å². The number of halogens is 1. The number of carbonyl (C=O) groups is 1. The van der Waals surface area contributed by atoms with Gasteiger partial charge in [0.25, 0.3) is 5.97 Å². The van der Waals surface area contributed by atoms with Gasteiger partial charge in [-0.25, -0.2) is 0 Å². The molecular weight excluding hydrogens is 156 g/mol. The summed E-state index contributed by atoms with van der Waals surface area (Å²) in [5.41, 5.74) is 0. The SMILES string of the molecule is CC(=O)O.CCCCOCl. The number of hydrogen-bond acceptors (Lipinski definition) is 2. The minimum absolute atomic E-state index is 0.679. The Morgan fingerprint density at radius 1 is 1.70 bits per heavy atom. The highest BCUT2D eigenvalue weighted by molar-refractivity contribution is 6.07. The van der Waals surface area contributed by atoms with Crippen molar-refractivity contribution in [2.75, 3.05) is 6.61 Å². The number of carboxylic acids is 1. The molecule has 0 aromatic heterocycles. The summed E-state index contributed by atoms with van der Waals surface area (Å²) in [6.45, 7) is 3.86. The topological polar surface area (TPSA) is 46.5 Å². The third kappa shape index (κ3) is 47.1. The lowest BCUT2D eigenvalue weighted by Gasteiger charge is -1.86. The zero-order valence-electron chi connectivity index (χ0n) is 6.26. The first kappa shape index (κ1) is 12.4. The molecule has 4 heteroatoms. The molecule has 0 aliphatic heterocycles. The molecule has 0 amide bonds. The molecule has 62 valence electrons. The molecule has 0 aromatic carbocycles. The van der Waals surface area contributed by atoms with Crippen LogP contribution in [0.25, 0.3) is 0 Å². The van der Waals surface area contributed by atoms with Gasteiger partial charge in [-0.3, -0.25) is 9.08 Å². The van der Waals surface area contributed by atoms with Crippen LogP contribution >= 0.6 is 11.9 Å². The first-order chi connectivity index (χ1) is 4.65. The van der Waals surface area contributed by atoms with Crippen molar-refractivity contribution in [1.82, 2.24) is 0 Å². The minimum Gasteiger partial charge on any atom is -0.481 e. The minimum atomic E-state index is -0.833. The first-order valence-electron chi connectivity index (χ1n) is 3.08. The molecule has 0 atom stereocenters. The van der Waals surface area contributed by atoms with Gasteiger partial charge in [0, 0.05) is 6.92 Å². The molecule has 0 heterocycles. The first-order valence-corrected chi connectivity index (χ1v) is 3.39. The summed E-state index contributed by atoms with van der Waals surface area (Å²) < 4.78 is 4.25. The third-order valence-corrected chi connectivity index (χ3v) is 0.729. The Hall–Kier alpha value is -0.280. The van der Waals surface area contributed by atoms with Gasteiger partial charge in [-0.05, 0) is 6.42 Å². The van der Waals surface area contributed by atoms with E-state index in [4.69, 9.17) is 21.8 Å². The van der Waals surface area contributed by atoms with Crippen molar-refractivity contribution < 1.29 is 14.2 Å². The van der Waals surface area contributed by atoms with E-state index in [1.807, 2.05) is 0 Å². The Morgan fingerprint density at radius 3 is 2.20 bits per heavy atom. The molecule has 0 fully saturated rings. The van der Waals surface area contributed by atoms with Crippen LogP contribution in [0.1, 0.15) is 26.7 Å². The summed E-state index contributed by atoms with van der Waals surface area (Å²) >= 11 is 4.88. The second-order valence-electron chi connectivity index (χ2n) is 1.69. The molecule has 0 bridgehead atoms. The van der Waals surface area contributed by atoms with Crippen molar-refractivity contribution in [3.63, 3.8) is 0 Å². The van der Waals surface area contributed by atoms with Gasteiger partial charge < -0.3 is 5.11 Å². The summed E-state index contributed by atoms with van der Waals surface area (Å²) in [7, 11) is 0. The predicted molar refractivity (Wildman–Crippen MR) is 40.0 cm³/mol. The van der Waals surface area contributed by atoms with Gasteiger partial charge >= 0.3 is 0 Å². The van der Waals surface area contributed by atoms with Crippen molar-refractivity contribution in [3.05, 3.63) is 0 Å². The van der Waals surface area contributed by atoms with Gasteiger partial charge in [0.05, 0.1) is 18.5 Å². The number of hydrogen-bond donors (Lipinski definition) is 1. The highest BCUT2D eigenvalue weighted by Crippen LogP contribution is 1.88. The number of unbranched alkanes of at least 4 members (excludes halogenated alkanes) is 1. The van der Waals surface area contributed by atoms with Crippen molar-refractivity contribution in [2.45, 2.75) is 26.7 Å². The van der Waals surface area contributed by atoms with Crippen LogP contribution in [-0.4, -0.2) is 17.7 Å². The molecule has 0 saturated carbocycles. The second kappa shape index (κ2) is 11.5. The summed E-state index contributed by atoms with van der Waals surface area (Å²) in [5.74, 6) is -0.833. The van der Waals surface area contributed by atoms with E-state index in [2.05, 4.69) is 11.2 Å². The maximum atomic E-state index is 9.00. The quantitative estimate of drug-likeness (QED) is 0.657. The lowest BCUT2D eigenvalue weighted by Crippen LogP contribution is -1.78. The fraction of sp³-hybridized carbons (Fsp3) is 0.833. The van der Waals surface area contributed by atoms with Gasteiger partial charge in [-0.2, -0.15) is 0 Å². The summed E-state index contributed by atoms with van der Waals surface area (Å²) in [5, 5.41) is 7.42. The van der Waals surface area contributed by atoms with Gasteiger partial charge in [0.15, 0.2) is 0 Å². The van der Waals surface area contributed by atoms with E-state index < -0.39 is 5.97 Å². The maximum Gasteiger partial charge on any atom is 0.300 e. The van der Waals surface area contributed by atoms with E-state index >= 15 is 0 Å². The molecule has 0 aliphatic carbocycles. The second-order valence-corrected chi connectivity index (χ2v) is 1.90. The number of aliphatic carboxylic acids is 1. The summed E-state index contributed by atoms with van der Waals surface area (Å²) in [4.78, 5) is 9.00. The summed E-state index contributed by atoms with van der Waals surface area (Å²) in [6.07, 6.45) is 2.20. The molecule has 0 aromatic rings. The highest BCUT2D eigenvalue weighted by Gasteiger charge is 1.76. The molecule has 3 nitrogen and oxygen atoms in total. The van der Waals surface area contributed by atoms with Crippen LogP contribution in [0.15, 0.2) is 0 Å². The normalized spacial score (nSPS) is 7.90. The van der Waals surface area contributed by atoms with Crippen molar-refractivity contribution >= 4 is 17.8 Å². The van der Waals surface area contributed by atoms with Crippen LogP contribution in [0.2, 0.25) is 0 Å². The van der Waals surface area contributed by atoms with Crippen molar-refractivity contribution in [3.8, 4) is 0 Å². The Morgan fingerprint density at radius 2 is 2.10 bits per heavy atom. The smallest absolute Gasteiger partial charge is 0.300 e. The van der Waals surface area contributed by atoms with E-state index in [1.54, 1.807) is 0 Å². The maximum absolute atomic E-state index is 9.00. The Bertz CT molecular complexity index is 67.4. The standard InChI is InChI=1S/C4H9ClO.C2H4O2/c1-2-3-4-6-5;1-2(3)4/h2-4H2,1H3;1H3,(H,3,4). The zero-order chi connectivity index (χ0) is 8.41. The predicted octanol–water partition coefficient (Wildman–Crippen LogP) is 2.05. The van der Waals surface area contributed by atoms with Gasteiger partial charge in [0.2, 0.25) is 0 Å². The molecule has 0 radical (unpaired) electrons. The molecular formula is C6H13ClO3. The number of carboxylic acid groups (broad SMARTS) is 1. The average Bonchev–Trinajstić information content (AvgIpc) is 1.82. The zero-order valence-corrected chi connectivity index (χ0v) is 7.02.